The minimum absolute atomic E-state index is 0.0829. The Labute approximate surface area is 283 Å². The molecule has 3 atom stereocenters. The van der Waals surface area contributed by atoms with E-state index >= 15 is 0 Å². The number of hydrogen-bond acceptors (Lipinski definition) is 9. The number of nitrogens with one attached hydrogen (secondary N) is 4. The lowest BCUT2D eigenvalue weighted by Gasteiger charge is -2.30. The Kier molecular flexibility index (Phi) is 13.3. The number of unbranched alkanes of at least 4 members (excludes halogenated alkanes) is 1. The molecule has 1 fully saturated rings. The molecule has 13 heteroatoms. The number of benzene rings is 1. The summed E-state index contributed by atoms with van der Waals surface area (Å²) in [7, 11) is -3.95. The van der Waals surface area contributed by atoms with Gasteiger partial charge in [0.05, 0.1) is 33.6 Å². The number of anilines is 1. The van der Waals surface area contributed by atoms with Crippen LogP contribution in [0, 0.1) is 5.92 Å². The molecule has 2 aromatic heterocycles. The van der Waals surface area contributed by atoms with Crippen LogP contribution in [0.3, 0.4) is 0 Å². The summed E-state index contributed by atoms with van der Waals surface area (Å²) in [5.74, 6) is 0.802. The molecule has 0 bridgehead atoms. The summed E-state index contributed by atoms with van der Waals surface area (Å²) in [6.07, 6.45) is 9.93. The lowest BCUT2D eigenvalue weighted by atomic mass is 9.77. The van der Waals surface area contributed by atoms with E-state index in [2.05, 4.69) is 25.7 Å². The van der Waals surface area contributed by atoms with Gasteiger partial charge in [-0.2, -0.15) is 0 Å². The highest BCUT2D eigenvalue weighted by molar-refractivity contribution is 7.89. The van der Waals surface area contributed by atoms with Gasteiger partial charge in [0, 0.05) is 41.1 Å². The Bertz CT molecular complexity index is 1540. The number of aromatic nitrogens is 2. The number of amides is 2. The number of urea groups is 1. The van der Waals surface area contributed by atoms with Crippen molar-refractivity contribution in [3.05, 3.63) is 59.5 Å². The Balaban J connectivity index is 1.49. The van der Waals surface area contributed by atoms with Gasteiger partial charge in [0.1, 0.15) is 0 Å². The molecule has 47 heavy (non-hydrogen) atoms. The van der Waals surface area contributed by atoms with Crippen LogP contribution in [0.4, 0.5) is 10.5 Å². The molecule has 1 aliphatic carbocycles. The Morgan fingerprint density at radius 2 is 1.89 bits per heavy atom. The number of pyridine rings is 1. The van der Waals surface area contributed by atoms with Gasteiger partial charge in [-0.15, -0.1) is 11.3 Å². The van der Waals surface area contributed by atoms with Crippen molar-refractivity contribution in [1.82, 2.24) is 25.3 Å². The standard InChI is InChI=1S/C34H50N6O5S2/c1-23(2)38-33(42)45-19-11-9-13-24-12-6-7-15-27(24)31-36-22-29(46-31)28-17-16-25(20-30(28)47(43,44)40-34(3,4)5)39-32(41)37-21-26-14-8-10-18-35-26/h8,10,14,16-18,20,22-24,27,33,38,40,42H,6-7,9,11-13,15,19,21H2,1-5H3,(H2,37,39,41). The largest absolute Gasteiger partial charge is 0.356 e. The first-order chi connectivity index (χ1) is 22.3. The van der Waals surface area contributed by atoms with Crippen LogP contribution in [0.25, 0.3) is 10.4 Å². The Morgan fingerprint density at radius 3 is 2.62 bits per heavy atom. The van der Waals surface area contributed by atoms with E-state index < -0.39 is 28.0 Å². The van der Waals surface area contributed by atoms with Crippen LogP contribution >= 0.6 is 11.3 Å². The zero-order valence-electron chi connectivity index (χ0n) is 28.1. The third-order valence-corrected chi connectivity index (χ3v) is 10.8. The molecule has 3 aromatic rings. The van der Waals surface area contributed by atoms with Crippen molar-refractivity contribution in [3.63, 3.8) is 0 Å². The average molecular weight is 687 g/mol. The quantitative estimate of drug-likeness (QED) is 0.0917. The van der Waals surface area contributed by atoms with Crippen LogP contribution < -0.4 is 20.7 Å². The summed E-state index contributed by atoms with van der Waals surface area (Å²) in [6, 6.07) is 10.1. The fourth-order valence-corrected chi connectivity index (χ4v) is 8.75. The molecule has 4 rings (SSSR count). The van der Waals surface area contributed by atoms with Crippen molar-refractivity contribution in [1.29, 1.82) is 0 Å². The number of aliphatic hydroxyl groups excluding tert-OH is 1. The van der Waals surface area contributed by atoms with E-state index in [1.807, 2.05) is 26.0 Å². The molecule has 2 heterocycles. The van der Waals surface area contributed by atoms with Gasteiger partial charge in [-0.3, -0.25) is 10.3 Å². The van der Waals surface area contributed by atoms with Crippen molar-refractivity contribution in [3.8, 4) is 10.4 Å². The summed E-state index contributed by atoms with van der Waals surface area (Å²) in [5.41, 5.74) is 0.903. The van der Waals surface area contributed by atoms with Gasteiger partial charge in [0.25, 0.3) is 0 Å². The fraction of sp³-hybridized carbons (Fsp3) is 0.559. The van der Waals surface area contributed by atoms with Crippen LogP contribution in [-0.2, 0) is 21.3 Å². The Morgan fingerprint density at radius 1 is 1.11 bits per heavy atom. The first-order valence-corrected chi connectivity index (χ1v) is 18.8. The van der Waals surface area contributed by atoms with E-state index in [4.69, 9.17) is 9.72 Å². The summed E-state index contributed by atoms with van der Waals surface area (Å²) >= 11 is 1.55. The van der Waals surface area contributed by atoms with E-state index in [0.717, 1.165) is 48.4 Å². The summed E-state index contributed by atoms with van der Waals surface area (Å²) in [5, 5.41) is 19.4. The van der Waals surface area contributed by atoms with Gasteiger partial charge >= 0.3 is 6.03 Å². The molecule has 1 saturated carbocycles. The minimum Gasteiger partial charge on any atom is -0.356 e. The molecule has 0 aliphatic heterocycles. The maximum atomic E-state index is 13.7. The van der Waals surface area contributed by atoms with Crippen molar-refractivity contribution < 1.29 is 23.1 Å². The number of sulfonamides is 1. The van der Waals surface area contributed by atoms with Crippen molar-refractivity contribution in [2.45, 2.75) is 115 Å². The summed E-state index contributed by atoms with van der Waals surface area (Å²) in [6.45, 7) is 10.0. The minimum atomic E-state index is -3.95. The van der Waals surface area contributed by atoms with E-state index in [9.17, 15) is 18.3 Å². The second kappa shape index (κ2) is 16.9. The smallest absolute Gasteiger partial charge is 0.319 e. The average Bonchev–Trinajstić information content (AvgIpc) is 3.49. The molecule has 0 radical (unpaired) electrons. The molecule has 2 amide bonds. The number of carbonyl (C=O) groups excluding carboxylic acids is 1. The SMILES string of the molecule is CC(C)NC(O)OCCCCC1CCCCC1c1ncc(-c2ccc(NC(=O)NCc3ccccn3)cc2S(=O)(=O)NC(C)(C)C)s1. The number of rotatable bonds is 15. The molecular weight excluding hydrogens is 637 g/mol. The van der Waals surface area contributed by atoms with Crippen LogP contribution in [0.2, 0.25) is 0 Å². The van der Waals surface area contributed by atoms with Gasteiger partial charge < -0.3 is 20.5 Å². The highest BCUT2D eigenvalue weighted by Gasteiger charge is 2.30. The third-order valence-electron chi connectivity index (χ3n) is 7.86. The molecule has 0 spiro atoms. The molecular formula is C34H50N6O5S2. The maximum Gasteiger partial charge on any atom is 0.319 e. The number of nitrogens with zero attached hydrogens (tertiary/aromatic N) is 2. The second-order valence-electron chi connectivity index (χ2n) is 13.4. The Hall–Kier alpha value is -2.94. The lowest BCUT2D eigenvalue weighted by Crippen LogP contribution is -2.40. The van der Waals surface area contributed by atoms with E-state index in [0.29, 0.717) is 35.4 Å². The molecule has 0 saturated heterocycles. The van der Waals surface area contributed by atoms with Gasteiger partial charge in [-0.1, -0.05) is 31.4 Å². The molecule has 258 valence electrons. The normalized spacial score (nSPS) is 17.9. The first-order valence-electron chi connectivity index (χ1n) is 16.5. The van der Waals surface area contributed by atoms with Crippen LogP contribution in [0.15, 0.2) is 53.7 Å². The fourth-order valence-electron chi connectivity index (χ4n) is 5.83. The van der Waals surface area contributed by atoms with Crippen molar-refractivity contribution in [2.24, 2.45) is 5.92 Å². The maximum absolute atomic E-state index is 13.7. The van der Waals surface area contributed by atoms with Gasteiger partial charge in [0.15, 0.2) is 0 Å². The molecule has 5 N–H and O–H groups in total. The molecule has 11 nitrogen and oxygen atoms in total. The number of hydrogen-bond donors (Lipinski definition) is 5. The van der Waals surface area contributed by atoms with Gasteiger partial charge in [0.2, 0.25) is 16.4 Å². The van der Waals surface area contributed by atoms with E-state index in [1.54, 1.807) is 62.7 Å². The van der Waals surface area contributed by atoms with Crippen LogP contribution in [0.5, 0.6) is 0 Å². The van der Waals surface area contributed by atoms with Crippen LogP contribution in [-0.4, -0.2) is 54.1 Å². The summed E-state index contributed by atoms with van der Waals surface area (Å²) < 4.78 is 35.7. The number of ether oxygens (including phenoxy) is 1. The number of aliphatic hydroxyl groups is 1. The predicted molar refractivity (Wildman–Crippen MR) is 187 cm³/mol. The van der Waals surface area contributed by atoms with Gasteiger partial charge in [-0.05, 0) is 90.5 Å². The van der Waals surface area contributed by atoms with E-state index in [1.165, 1.54) is 12.5 Å². The highest BCUT2D eigenvalue weighted by Crippen LogP contribution is 2.44. The zero-order valence-corrected chi connectivity index (χ0v) is 29.7. The van der Waals surface area contributed by atoms with E-state index in [-0.39, 0.29) is 17.5 Å². The number of thiazole rings is 1. The summed E-state index contributed by atoms with van der Waals surface area (Å²) in [4.78, 5) is 22.6. The van der Waals surface area contributed by atoms with Crippen molar-refractivity contribution >= 4 is 33.1 Å². The second-order valence-corrected chi connectivity index (χ2v) is 16.2. The zero-order chi connectivity index (χ0) is 34.0. The first kappa shape index (κ1) is 36.9. The van der Waals surface area contributed by atoms with Crippen molar-refractivity contribution in [2.75, 3.05) is 11.9 Å². The third kappa shape index (κ3) is 11.6. The highest BCUT2D eigenvalue weighted by atomic mass is 32.2. The molecule has 3 unspecified atom stereocenters. The number of carbonyl (C=O) groups is 1. The monoisotopic (exact) mass is 686 g/mol. The topological polar surface area (TPSA) is 155 Å². The van der Waals surface area contributed by atoms with Crippen LogP contribution in [0.1, 0.15) is 96.2 Å². The lowest BCUT2D eigenvalue weighted by molar-refractivity contribution is -0.125. The molecule has 1 aromatic carbocycles. The molecule has 1 aliphatic rings. The van der Waals surface area contributed by atoms with Gasteiger partial charge in [-0.25, -0.2) is 22.9 Å². The predicted octanol–water partition coefficient (Wildman–Crippen LogP) is 6.34.